The molecule has 0 aliphatic heterocycles. The number of sulfonamides is 1. The number of benzene rings is 1. The van der Waals surface area contributed by atoms with Gasteiger partial charge >= 0.3 is 5.97 Å². The molecule has 9 heteroatoms. The summed E-state index contributed by atoms with van der Waals surface area (Å²) in [7, 11) is -3.76. The SMILES string of the molecule is O=C(O)c1ccc(S(=O)(=O)Nc2ncc(Br)s2)cc1. The summed E-state index contributed by atoms with van der Waals surface area (Å²) < 4.78 is 27.0. The van der Waals surface area contributed by atoms with Gasteiger partial charge in [-0.05, 0) is 40.2 Å². The number of aromatic carboxylic acids is 1. The summed E-state index contributed by atoms with van der Waals surface area (Å²) in [5.74, 6) is -1.11. The molecule has 0 radical (unpaired) electrons. The zero-order chi connectivity index (χ0) is 14.0. The number of rotatable bonds is 4. The highest BCUT2D eigenvalue weighted by atomic mass is 79.9. The second kappa shape index (κ2) is 5.27. The maximum Gasteiger partial charge on any atom is 0.335 e. The lowest BCUT2D eigenvalue weighted by Crippen LogP contribution is -2.12. The highest BCUT2D eigenvalue weighted by Crippen LogP contribution is 2.25. The summed E-state index contributed by atoms with van der Waals surface area (Å²) in [5.41, 5.74) is 0.0240. The Bertz CT molecular complexity index is 709. The Balaban J connectivity index is 2.26. The number of aromatic nitrogens is 1. The van der Waals surface area contributed by atoms with Gasteiger partial charge < -0.3 is 5.11 Å². The number of carboxylic acid groups (broad SMARTS) is 1. The van der Waals surface area contributed by atoms with Gasteiger partial charge in [0.05, 0.1) is 20.4 Å². The first-order valence-corrected chi connectivity index (χ1v) is 7.95. The van der Waals surface area contributed by atoms with Crippen molar-refractivity contribution in [2.75, 3.05) is 4.72 Å². The smallest absolute Gasteiger partial charge is 0.335 e. The van der Waals surface area contributed by atoms with E-state index < -0.39 is 16.0 Å². The van der Waals surface area contributed by atoms with E-state index >= 15 is 0 Å². The molecule has 1 aromatic carbocycles. The molecule has 2 aromatic rings. The fourth-order valence-electron chi connectivity index (χ4n) is 1.25. The first-order valence-electron chi connectivity index (χ1n) is 4.86. The number of nitrogens with one attached hydrogen (secondary N) is 1. The summed E-state index contributed by atoms with van der Waals surface area (Å²) in [5, 5.41) is 8.97. The van der Waals surface area contributed by atoms with Crippen molar-refractivity contribution in [3.05, 3.63) is 39.8 Å². The van der Waals surface area contributed by atoms with Crippen LogP contribution in [0.5, 0.6) is 0 Å². The van der Waals surface area contributed by atoms with E-state index in [-0.39, 0.29) is 15.6 Å². The summed E-state index contributed by atoms with van der Waals surface area (Å²) in [6.07, 6.45) is 1.48. The van der Waals surface area contributed by atoms with Crippen LogP contribution in [0, 0.1) is 0 Å². The third-order valence-electron chi connectivity index (χ3n) is 2.11. The Kier molecular flexibility index (Phi) is 3.88. The van der Waals surface area contributed by atoms with Gasteiger partial charge in [0, 0.05) is 0 Å². The van der Waals surface area contributed by atoms with Crippen LogP contribution in [0.1, 0.15) is 10.4 Å². The molecule has 1 heterocycles. The third kappa shape index (κ3) is 3.31. The van der Waals surface area contributed by atoms with Crippen LogP contribution in [-0.4, -0.2) is 24.5 Å². The number of carboxylic acids is 1. The lowest BCUT2D eigenvalue weighted by atomic mass is 10.2. The van der Waals surface area contributed by atoms with E-state index in [4.69, 9.17) is 5.11 Å². The van der Waals surface area contributed by atoms with Crippen molar-refractivity contribution < 1.29 is 18.3 Å². The zero-order valence-corrected chi connectivity index (χ0v) is 12.4. The number of carbonyl (C=O) groups is 1. The molecule has 0 fully saturated rings. The van der Waals surface area contributed by atoms with Gasteiger partial charge in [-0.15, -0.1) is 0 Å². The predicted octanol–water partition coefficient (Wildman–Crippen LogP) is 2.40. The van der Waals surface area contributed by atoms with E-state index in [1.165, 1.54) is 30.5 Å². The van der Waals surface area contributed by atoms with Gasteiger partial charge in [0.25, 0.3) is 10.0 Å². The molecule has 0 unspecified atom stereocenters. The largest absolute Gasteiger partial charge is 0.478 e. The Labute approximate surface area is 121 Å². The molecule has 0 bridgehead atoms. The molecule has 0 saturated carbocycles. The molecule has 2 N–H and O–H groups in total. The summed E-state index contributed by atoms with van der Waals surface area (Å²) in [4.78, 5) is 14.5. The molecule has 6 nitrogen and oxygen atoms in total. The lowest BCUT2D eigenvalue weighted by Gasteiger charge is -2.05. The van der Waals surface area contributed by atoms with E-state index in [0.717, 1.165) is 11.3 Å². The van der Waals surface area contributed by atoms with Crippen molar-refractivity contribution in [3.63, 3.8) is 0 Å². The zero-order valence-electron chi connectivity index (χ0n) is 9.20. The van der Waals surface area contributed by atoms with Crippen molar-refractivity contribution in [2.24, 2.45) is 0 Å². The quantitative estimate of drug-likeness (QED) is 0.870. The van der Waals surface area contributed by atoms with E-state index in [2.05, 4.69) is 25.6 Å². The minimum atomic E-state index is -3.76. The number of hydrogen-bond acceptors (Lipinski definition) is 5. The molecule has 100 valence electrons. The van der Waals surface area contributed by atoms with E-state index in [1.54, 1.807) is 0 Å². The van der Waals surface area contributed by atoms with Gasteiger partial charge in [-0.1, -0.05) is 11.3 Å². The van der Waals surface area contributed by atoms with Crippen LogP contribution in [0.2, 0.25) is 0 Å². The second-order valence-electron chi connectivity index (χ2n) is 3.40. The number of thiazole rings is 1. The van der Waals surface area contributed by atoms with E-state index in [9.17, 15) is 13.2 Å². The summed E-state index contributed by atoms with van der Waals surface area (Å²) in [6, 6.07) is 4.92. The molecule has 0 saturated heterocycles. The van der Waals surface area contributed by atoms with Crippen LogP contribution in [0.4, 0.5) is 5.13 Å². The number of anilines is 1. The minimum absolute atomic E-state index is 0.0240. The van der Waals surface area contributed by atoms with Crippen LogP contribution < -0.4 is 4.72 Å². The molecule has 1 aromatic heterocycles. The van der Waals surface area contributed by atoms with Crippen LogP contribution >= 0.6 is 27.3 Å². The fourth-order valence-corrected chi connectivity index (χ4v) is 3.60. The lowest BCUT2D eigenvalue weighted by molar-refractivity contribution is 0.0697. The number of nitrogens with zero attached hydrogens (tertiary/aromatic N) is 1. The Morgan fingerprint density at radius 3 is 2.42 bits per heavy atom. The van der Waals surface area contributed by atoms with Crippen molar-refractivity contribution in [3.8, 4) is 0 Å². The van der Waals surface area contributed by atoms with Crippen molar-refractivity contribution >= 4 is 48.4 Å². The minimum Gasteiger partial charge on any atom is -0.478 e. The third-order valence-corrected chi connectivity index (χ3v) is 4.99. The van der Waals surface area contributed by atoms with Crippen molar-refractivity contribution in [1.82, 2.24) is 4.98 Å². The van der Waals surface area contributed by atoms with Crippen molar-refractivity contribution in [2.45, 2.75) is 4.90 Å². The summed E-state index contributed by atoms with van der Waals surface area (Å²) in [6.45, 7) is 0. The van der Waals surface area contributed by atoms with Crippen LogP contribution in [0.25, 0.3) is 0 Å². The molecule has 0 spiro atoms. The Morgan fingerprint density at radius 1 is 1.32 bits per heavy atom. The second-order valence-corrected chi connectivity index (χ2v) is 7.50. The standard InChI is InChI=1S/C10H7BrN2O4S2/c11-8-5-12-10(18-8)13-19(16,17)7-3-1-6(2-4-7)9(14)15/h1-5H,(H,12,13)(H,14,15). The molecule has 0 amide bonds. The summed E-state index contributed by atoms with van der Waals surface area (Å²) >= 11 is 4.32. The molecular formula is C10H7BrN2O4S2. The maximum absolute atomic E-state index is 12.0. The van der Waals surface area contributed by atoms with Gasteiger partial charge in [0.2, 0.25) is 0 Å². The average molecular weight is 363 g/mol. The molecule has 0 aliphatic rings. The highest BCUT2D eigenvalue weighted by molar-refractivity contribution is 9.11. The number of halogens is 1. The maximum atomic E-state index is 12.0. The molecule has 0 atom stereocenters. The molecule has 2 rings (SSSR count). The van der Waals surface area contributed by atoms with Gasteiger partial charge in [0.15, 0.2) is 5.13 Å². The average Bonchev–Trinajstić information content (AvgIpc) is 2.74. The van der Waals surface area contributed by atoms with Gasteiger partial charge in [-0.2, -0.15) is 0 Å². The fraction of sp³-hybridized carbons (Fsp3) is 0. The topological polar surface area (TPSA) is 96.4 Å². The molecule has 0 aliphatic carbocycles. The first-order chi connectivity index (χ1) is 8.88. The van der Waals surface area contributed by atoms with Crippen LogP contribution in [0.3, 0.4) is 0 Å². The van der Waals surface area contributed by atoms with Crippen LogP contribution in [0.15, 0.2) is 39.1 Å². The van der Waals surface area contributed by atoms with E-state index in [1.807, 2.05) is 0 Å². The normalized spacial score (nSPS) is 11.2. The van der Waals surface area contributed by atoms with Gasteiger partial charge in [-0.3, -0.25) is 4.72 Å². The monoisotopic (exact) mass is 362 g/mol. The van der Waals surface area contributed by atoms with Gasteiger partial charge in [0.1, 0.15) is 0 Å². The molecular weight excluding hydrogens is 356 g/mol. The Hall–Kier alpha value is -1.45. The predicted molar refractivity (Wildman–Crippen MR) is 74.0 cm³/mol. The highest BCUT2D eigenvalue weighted by Gasteiger charge is 2.16. The molecule has 19 heavy (non-hydrogen) atoms. The van der Waals surface area contributed by atoms with E-state index in [0.29, 0.717) is 3.79 Å². The van der Waals surface area contributed by atoms with Crippen LogP contribution in [-0.2, 0) is 10.0 Å². The number of hydrogen-bond donors (Lipinski definition) is 2. The van der Waals surface area contributed by atoms with Gasteiger partial charge in [-0.25, -0.2) is 18.2 Å². The first kappa shape index (κ1) is 14.0. The van der Waals surface area contributed by atoms with Crippen molar-refractivity contribution in [1.29, 1.82) is 0 Å². The Morgan fingerprint density at radius 2 is 1.95 bits per heavy atom.